The summed E-state index contributed by atoms with van der Waals surface area (Å²) >= 11 is 12.8. The number of methoxy groups -OCH3 is 3. The number of nitrogens with one attached hydrogen (secondary N) is 1. The zero-order chi connectivity index (χ0) is 32.4. The Morgan fingerprint density at radius 1 is 0.886 bits per heavy atom. The van der Waals surface area contributed by atoms with Crippen LogP contribution in [-0.4, -0.2) is 65.6 Å². The number of halogens is 2. The highest BCUT2D eigenvalue weighted by Crippen LogP contribution is 2.37. The molecule has 0 fully saturated rings. The van der Waals surface area contributed by atoms with E-state index in [2.05, 4.69) is 5.32 Å². The number of ether oxygens (including phenoxy) is 3. The van der Waals surface area contributed by atoms with Gasteiger partial charge in [-0.1, -0.05) is 55.2 Å². The second-order valence-corrected chi connectivity index (χ2v) is 12.4. The molecule has 3 aromatic carbocycles. The highest BCUT2D eigenvalue weighted by atomic mass is 35.5. The number of nitrogens with zero attached hydrogens (tertiary/aromatic N) is 2. The molecule has 0 saturated carbocycles. The summed E-state index contributed by atoms with van der Waals surface area (Å²) in [6.07, 6.45) is 0.973. The Hall–Kier alpha value is -3.67. The molecule has 3 aromatic rings. The molecule has 0 bridgehead atoms. The third-order valence-electron chi connectivity index (χ3n) is 6.87. The van der Waals surface area contributed by atoms with Crippen molar-refractivity contribution in [2.24, 2.45) is 0 Å². The van der Waals surface area contributed by atoms with E-state index < -0.39 is 28.5 Å². The number of sulfonamides is 1. The predicted molar refractivity (Wildman–Crippen MR) is 171 cm³/mol. The molecule has 0 aliphatic rings. The molecule has 0 aromatic heterocycles. The first-order chi connectivity index (χ1) is 21.0. The third kappa shape index (κ3) is 8.08. The number of anilines is 1. The summed E-state index contributed by atoms with van der Waals surface area (Å²) in [5, 5.41) is 3.47. The highest BCUT2D eigenvalue weighted by molar-refractivity contribution is 7.92. The average molecular weight is 667 g/mol. The monoisotopic (exact) mass is 665 g/mol. The minimum atomic E-state index is -4.45. The SMILES string of the molecule is CCCNC(=O)[C@H](CC)N(Cc1ccccc1Cl)C(=O)CN(c1cc(Cl)ccc1OC)S(=O)(=O)c1ccc(OC)c(OC)c1. The molecule has 0 spiro atoms. The molecule has 238 valence electrons. The van der Waals surface area contributed by atoms with Gasteiger partial charge < -0.3 is 24.4 Å². The summed E-state index contributed by atoms with van der Waals surface area (Å²) in [4.78, 5) is 28.7. The lowest BCUT2D eigenvalue weighted by molar-refractivity contribution is -0.140. The van der Waals surface area contributed by atoms with Crippen LogP contribution in [-0.2, 0) is 26.2 Å². The smallest absolute Gasteiger partial charge is 0.265 e. The van der Waals surface area contributed by atoms with Crippen LogP contribution in [0.2, 0.25) is 10.0 Å². The topological polar surface area (TPSA) is 114 Å². The molecule has 0 unspecified atom stereocenters. The molecule has 13 heteroatoms. The van der Waals surface area contributed by atoms with Crippen molar-refractivity contribution < 1.29 is 32.2 Å². The van der Waals surface area contributed by atoms with Crippen LogP contribution in [0, 0.1) is 0 Å². The van der Waals surface area contributed by atoms with Gasteiger partial charge in [-0.3, -0.25) is 13.9 Å². The normalized spacial score (nSPS) is 11.8. The first kappa shape index (κ1) is 34.8. The Balaban J connectivity index is 2.18. The van der Waals surface area contributed by atoms with E-state index in [1.165, 1.54) is 56.6 Å². The Morgan fingerprint density at radius 3 is 2.16 bits per heavy atom. The van der Waals surface area contributed by atoms with Crippen LogP contribution in [0.3, 0.4) is 0 Å². The third-order valence-corrected chi connectivity index (χ3v) is 9.22. The lowest BCUT2D eigenvalue weighted by Gasteiger charge is -2.33. The highest BCUT2D eigenvalue weighted by Gasteiger charge is 2.35. The maximum Gasteiger partial charge on any atom is 0.265 e. The maximum atomic E-state index is 14.3. The molecular weight excluding hydrogens is 629 g/mol. The van der Waals surface area contributed by atoms with E-state index in [-0.39, 0.29) is 46.0 Å². The standard InChI is InChI=1S/C31H37Cl2N3O7S/c1-6-16-34-31(38)25(7-2)35(19-21-10-8-9-11-24(21)33)30(37)20-36(26-17-22(32)12-14-27(26)41-3)44(39,40)23-13-15-28(42-4)29(18-23)43-5/h8-15,17-18,25H,6-7,16,19-20H2,1-5H3,(H,34,38)/t25-/m0/s1. The van der Waals surface area contributed by atoms with E-state index in [1.54, 1.807) is 37.3 Å². The van der Waals surface area contributed by atoms with Crippen LogP contribution >= 0.6 is 23.2 Å². The van der Waals surface area contributed by atoms with Crippen molar-refractivity contribution in [3.8, 4) is 17.2 Å². The van der Waals surface area contributed by atoms with Gasteiger partial charge in [0, 0.05) is 29.2 Å². The Bertz CT molecular complexity index is 1570. The van der Waals surface area contributed by atoms with E-state index in [0.29, 0.717) is 29.3 Å². The average Bonchev–Trinajstić information content (AvgIpc) is 3.02. The number of rotatable bonds is 15. The zero-order valence-electron chi connectivity index (χ0n) is 25.3. The molecule has 0 aliphatic carbocycles. The lowest BCUT2D eigenvalue weighted by Crippen LogP contribution is -2.52. The van der Waals surface area contributed by atoms with Gasteiger partial charge in [0.05, 0.1) is 31.9 Å². The van der Waals surface area contributed by atoms with Crippen molar-refractivity contribution in [2.75, 3.05) is 38.7 Å². The fourth-order valence-electron chi connectivity index (χ4n) is 4.57. The molecule has 1 N–H and O–H groups in total. The summed E-state index contributed by atoms with van der Waals surface area (Å²) in [6, 6.07) is 14.6. The van der Waals surface area contributed by atoms with Crippen molar-refractivity contribution in [1.29, 1.82) is 0 Å². The van der Waals surface area contributed by atoms with Crippen LogP contribution in [0.15, 0.2) is 65.6 Å². The number of amides is 2. The zero-order valence-corrected chi connectivity index (χ0v) is 27.6. The predicted octanol–water partition coefficient (Wildman–Crippen LogP) is 5.55. The minimum Gasteiger partial charge on any atom is -0.495 e. The van der Waals surface area contributed by atoms with Gasteiger partial charge in [-0.25, -0.2) is 8.42 Å². The molecule has 10 nitrogen and oxygen atoms in total. The molecule has 0 saturated heterocycles. The first-order valence-corrected chi connectivity index (χ1v) is 16.1. The molecule has 1 atom stereocenters. The van der Waals surface area contributed by atoms with Gasteiger partial charge in [0.1, 0.15) is 18.3 Å². The number of carbonyl (C=O) groups is 2. The van der Waals surface area contributed by atoms with Crippen molar-refractivity contribution >= 4 is 50.7 Å². The van der Waals surface area contributed by atoms with Crippen molar-refractivity contribution in [3.05, 3.63) is 76.3 Å². The molecule has 0 radical (unpaired) electrons. The van der Waals surface area contributed by atoms with Crippen molar-refractivity contribution in [1.82, 2.24) is 10.2 Å². The van der Waals surface area contributed by atoms with E-state index in [1.807, 2.05) is 6.92 Å². The van der Waals surface area contributed by atoms with Gasteiger partial charge in [-0.15, -0.1) is 0 Å². The molecule has 0 heterocycles. The van der Waals surface area contributed by atoms with E-state index in [4.69, 9.17) is 37.4 Å². The fourth-order valence-corrected chi connectivity index (χ4v) is 6.37. The van der Waals surface area contributed by atoms with E-state index >= 15 is 0 Å². The first-order valence-electron chi connectivity index (χ1n) is 13.9. The molecular formula is C31H37Cl2N3O7S. The number of hydrogen-bond donors (Lipinski definition) is 1. The van der Waals surface area contributed by atoms with Gasteiger partial charge >= 0.3 is 0 Å². The fraction of sp³-hybridized carbons (Fsp3) is 0.355. The largest absolute Gasteiger partial charge is 0.495 e. The Morgan fingerprint density at radius 2 is 1.55 bits per heavy atom. The summed E-state index contributed by atoms with van der Waals surface area (Å²) in [6.45, 7) is 3.40. The summed E-state index contributed by atoms with van der Waals surface area (Å²) in [5.74, 6) is -0.336. The second-order valence-electron chi connectivity index (χ2n) is 9.67. The Kier molecular flexibility index (Phi) is 12.6. The summed E-state index contributed by atoms with van der Waals surface area (Å²) in [5.41, 5.74) is 0.628. The number of carbonyl (C=O) groups excluding carboxylic acids is 2. The van der Waals surface area contributed by atoms with Crippen molar-refractivity contribution in [3.63, 3.8) is 0 Å². The quantitative estimate of drug-likeness (QED) is 0.226. The summed E-state index contributed by atoms with van der Waals surface area (Å²) < 4.78 is 45.7. The van der Waals surface area contributed by atoms with Crippen molar-refractivity contribution in [2.45, 2.75) is 44.2 Å². The van der Waals surface area contributed by atoms with E-state index in [9.17, 15) is 18.0 Å². The van der Waals surface area contributed by atoms with Gasteiger partial charge in [-0.2, -0.15) is 0 Å². The number of benzene rings is 3. The van der Waals surface area contributed by atoms with Gasteiger partial charge in [0.2, 0.25) is 11.8 Å². The maximum absolute atomic E-state index is 14.3. The van der Waals surface area contributed by atoms with E-state index in [0.717, 1.165) is 4.31 Å². The van der Waals surface area contributed by atoms with Crippen LogP contribution in [0.4, 0.5) is 5.69 Å². The van der Waals surface area contributed by atoms with Gasteiger partial charge in [0.25, 0.3) is 10.0 Å². The Labute approximate surface area is 268 Å². The lowest BCUT2D eigenvalue weighted by atomic mass is 10.1. The molecule has 44 heavy (non-hydrogen) atoms. The van der Waals surface area contributed by atoms with Gasteiger partial charge in [-0.05, 0) is 54.8 Å². The van der Waals surface area contributed by atoms with Crippen LogP contribution in [0.25, 0.3) is 0 Å². The van der Waals surface area contributed by atoms with Crippen LogP contribution < -0.4 is 23.8 Å². The summed E-state index contributed by atoms with van der Waals surface area (Å²) in [7, 11) is -0.255. The number of hydrogen-bond acceptors (Lipinski definition) is 7. The second kappa shape index (κ2) is 15.9. The molecule has 3 rings (SSSR count). The van der Waals surface area contributed by atoms with Crippen LogP contribution in [0.5, 0.6) is 17.2 Å². The molecule has 0 aliphatic heterocycles. The minimum absolute atomic E-state index is 0.0318. The van der Waals surface area contributed by atoms with Crippen LogP contribution in [0.1, 0.15) is 32.3 Å². The molecule has 2 amide bonds. The van der Waals surface area contributed by atoms with Gasteiger partial charge in [0.15, 0.2) is 11.5 Å².